The normalized spacial score (nSPS) is 12.3. The van der Waals surface area contributed by atoms with Gasteiger partial charge in [0.05, 0.1) is 16.6 Å². The number of benzene rings is 3. The number of hydrogen-bond acceptors (Lipinski definition) is 3. The molecule has 5 nitrogen and oxygen atoms in total. The summed E-state index contributed by atoms with van der Waals surface area (Å²) < 4.78 is 41.2. The third-order valence-electron chi connectivity index (χ3n) is 5.08. The number of halogens is 2. The van der Waals surface area contributed by atoms with Crippen LogP contribution in [0.1, 0.15) is 29.7 Å². The van der Waals surface area contributed by atoms with Crippen molar-refractivity contribution in [1.82, 2.24) is 5.32 Å². The molecule has 168 valence electrons. The van der Waals surface area contributed by atoms with Gasteiger partial charge in [0.1, 0.15) is 12.4 Å². The van der Waals surface area contributed by atoms with Crippen LogP contribution in [-0.4, -0.2) is 20.9 Å². The maximum atomic E-state index is 13.5. The van der Waals surface area contributed by atoms with Gasteiger partial charge < -0.3 is 5.32 Å². The Morgan fingerprint density at radius 3 is 2.28 bits per heavy atom. The molecular formula is C24H24ClFN2O3S. The fourth-order valence-corrected chi connectivity index (χ4v) is 4.88. The molecule has 0 aromatic heterocycles. The van der Waals surface area contributed by atoms with Crippen LogP contribution in [0.15, 0.2) is 71.6 Å². The molecule has 32 heavy (non-hydrogen) atoms. The van der Waals surface area contributed by atoms with Crippen molar-refractivity contribution >= 4 is 33.2 Å². The van der Waals surface area contributed by atoms with E-state index in [1.165, 1.54) is 30.3 Å². The fourth-order valence-electron chi connectivity index (χ4n) is 3.24. The number of nitrogens with zero attached hydrogens (tertiary/aromatic N) is 1. The van der Waals surface area contributed by atoms with Crippen molar-refractivity contribution in [3.8, 4) is 0 Å². The number of amides is 1. The smallest absolute Gasteiger partial charge is 0.264 e. The maximum absolute atomic E-state index is 13.5. The standard InChI is InChI=1S/C24H24ClFN2O3S/c1-16-4-12-22(13-5-16)32(30,31)28(23-14-20(25)9-6-17(23)2)15-24(29)27-18(3)19-7-10-21(26)11-8-19/h4-14,18H,15H2,1-3H3,(H,27,29)/t18-/m0/s1. The van der Waals surface area contributed by atoms with Gasteiger partial charge in [0.25, 0.3) is 10.0 Å². The average molecular weight is 475 g/mol. The molecule has 0 aliphatic rings. The van der Waals surface area contributed by atoms with E-state index in [0.29, 0.717) is 21.8 Å². The summed E-state index contributed by atoms with van der Waals surface area (Å²) in [7, 11) is -4.05. The summed E-state index contributed by atoms with van der Waals surface area (Å²) in [5.74, 6) is -0.879. The second-order valence-corrected chi connectivity index (χ2v) is 9.90. The van der Waals surface area contributed by atoms with Crippen LogP contribution < -0.4 is 9.62 Å². The topological polar surface area (TPSA) is 66.5 Å². The minimum absolute atomic E-state index is 0.0712. The molecule has 0 radical (unpaired) electrons. The highest BCUT2D eigenvalue weighted by molar-refractivity contribution is 7.92. The summed E-state index contributed by atoms with van der Waals surface area (Å²) in [5.41, 5.74) is 2.60. The van der Waals surface area contributed by atoms with E-state index >= 15 is 0 Å². The minimum Gasteiger partial charge on any atom is -0.348 e. The second-order valence-electron chi connectivity index (χ2n) is 7.60. The van der Waals surface area contributed by atoms with Crippen LogP contribution in [0.25, 0.3) is 0 Å². The summed E-state index contributed by atoms with van der Waals surface area (Å²) in [4.78, 5) is 13.0. The van der Waals surface area contributed by atoms with E-state index in [0.717, 1.165) is 9.87 Å². The van der Waals surface area contributed by atoms with Crippen LogP contribution in [0.5, 0.6) is 0 Å². The van der Waals surface area contributed by atoms with Gasteiger partial charge in [-0.3, -0.25) is 9.10 Å². The molecule has 0 aliphatic carbocycles. The molecule has 3 aromatic rings. The molecule has 8 heteroatoms. The van der Waals surface area contributed by atoms with Crippen LogP contribution in [0.3, 0.4) is 0 Å². The van der Waals surface area contributed by atoms with Crippen molar-refractivity contribution in [2.24, 2.45) is 0 Å². The molecule has 0 fully saturated rings. The summed E-state index contributed by atoms with van der Waals surface area (Å²) in [6.45, 7) is 4.92. The molecule has 1 N–H and O–H groups in total. The molecular weight excluding hydrogens is 451 g/mol. The molecule has 3 rings (SSSR count). The Kier molecular flexibility index (Phi) is 7.21. The first-order valence-electron chi connectivity index (χ1n) is 9.98. The molecule has 1 amide bonds. The Balaban J connectivity index is 1.94. The predicted molar refractivity (Wildman–Crippen MR) is 125 cm³/mol. The molecule has 1 atom stereocenters. The third kappa shape index (κ3) is 5.47. The maximum Gasteiger partial charge on any atom is 0.264 e. The van der Waals surface area contributed by atoms with E-state index in [1.807, 2.05) is 6.92 Å². The molecule has 3 aromatic carbocycles. The Bertz CT molecular complexity index is 1210. The second kappa shape index (κ2) is 9.71. The third-order valence-corrected chi connectivity index (χ3v) is 7.09. The van der Waals surface area contributed by atoms with Crippen molar-refractivity contribution in [2.45, 2.75) is 31.7 Å². The van der Waals surface area contributed by atoms with Gasteiger partial charge in [-0.25, -0.2) is 12.8 Å². The van der Waals surface area contributed by atoms with Gasteiger partial charge in [-0.05, 0) is 68.3 Å². The number of hydrogen-bond donors (Lipinski definition) is 1. The van der Waals surface area contributed by atoms with Crippen LogP contribution in [-0.2, 0) is 14.8 Å². The van der Waals surface area contributed by atoms with Gasteiger partial charge in [0.15, 0.2) is 0 Å². The number of carbonyl (C=O) groups excluding carboxylic acids is 1. The lowest BCUT2D eigenvalue weighted by Crippen LogP contribution is -2.42. The summed E-state index contributed by atoms with van der Waals surface area (Å²) in [6, 6.07) is 16.6. The Labute approximate surface area is 192 Å². The lowest BCUT2D eigenvalue weighted by atomic mass is 10.1. The monoisotopic (exact) mass is 474 g/mol. The van der Waals surface area contributed by atoms with Gasteiger partial charge in [-0.1, -0.05) is 47.5 Å². The highest BCUT2D eigenvalue weighted by Crippen LogP contribution is 2.29. The zero-order valence-corrected chi connectivity index (χ0v) is 19.5. The average Bonchev–Trinajstić information content (AvgIpc) is 2.74. The summed E-state index contributed by atoms with van der Waals surface area (Å²) in [5, 5.41) is 3.14. The van der Waals surface area contributed by atoms with E-state index in [9.17, 15) is 17.6 Å². The number of carbonyl (C=O) groups is 1. The highest BCUT2D eigenvalue weighted by atomic mass is 35.5. The van der Waals surface area contributed by atoms with E-state index in [4.69, 9.17) is 11.6 Å². The highest BCUT2D eigenvalue weighted by Gasteiger charge is 2.29. The summed E-state index contributed by atoms with van der Waals surface area (Å²) >= 11 is 6.14. The fraction of sp³-hybridized carbons (Fsp3) is 0.208. The van der Waals surface area contributed by atoms with Gasteiger partial charge in [-0.15, -0.1) is 0 Å². The van der Waals surface area contributed by atoms with Crippen molar-refractivity contribution in [3.63, 3.8) is 0 Å². The van der Waals surface area contributed by atoms with Crippen molar-refractivity contribution in [3.05, 3.63) is 94.3 Å². The van der Waals surface area contributed by atoms with Gasteiger partial charge in [0.2, 0.25) is 5.91 Å². The first kappa shape index (κ1) is 23.8. The molecule has 0 unspecified atom stereocenters. The van der Waals surface area contributed by atoms with Crippen LogP contribution in [0, 0.1) is 19.7 Å². The van der Waals surface area contributed by atoms with E-state index in [2.05, 4.69) is 5.32 Å². The van der Waals surface area contributed by atoms with Crippen molar-refractivity contribution in [1.29, 1.82) is 0 Å². The predicted octanol–water partition coefficient (Wildman–Crippen LogP) is 5.17. The van der Waals surface area contributed by atoms with Gasteiger partial charge in [0, 0.05) is 5.02 Å². The van der Waals surface area contributed by atoms with E-state index < -0.39 is 28.5 Å². The molecule has 0 bridgehead atoms. The zero-order valence-electron chi connectivity index (χ0n) is 18.0. The largest absolute Gasteiger partial charge is 0.348 e. The quantitative estimate of drug-likeness (QED) is 0.513. The number of sulfonamides is 1. The van der Waals surface area contributed by atoms with Crippen LogP contribution in [0.4, 0.5) is 10.1 Å². The van der Waals surface area contributed by atoms with Crippen LogP contribution >= 0.6 is 11.6 Å². The molecule has 0 spiro atoms. The Hall–Kier alpha value is -2.90. The van der Waals surface area contributed by atoms with Crippen molar-refractivity contribution < 1.29 is 17.6 Å². The first-order valence-corrected chi connectivity index (χ1v) is 11.8. The summed E-state index contributed by atoms with van der Waals surface area (Å²) in [6.07, 6.45) is 0. The molecule has 0 saturated carbocycles. The lowest BCUT2D eigenvalue weighted by Gasteiger charge is -2.26. The molecule has 0 heterocycles. The zero-order chi connectivity index (χ0) is 23.5. The Morgan fingerprint density at radius 2 is 1.66 bits per heavy atom. The van der Waals surface area contributed by atoms with E-state index in [-0.39, 0.29) is 10.7 Å². The lowest BCUT2D eigenvalue weighted by molar-refractivity contribution is -0.120. The number of aryl methyl sites for hydroxylation is 2. The van der Waals surface area contributed by atoms with Gasteiger partial charge >= 0.3 is 0 Å². The van der Waals surface area contributed by atoms with Crippen molar-refractivity contribution in [2.75, 3.05) is 10.8 Å². The molecule has 0 saturated heterocycles. The van der Waals surface area contributed by atoms with Gasteiger partial charge in [-0.2, -0.15) is 0 Å². The Morgan fingerprint density at radius 1 is 1.03 bits per heavy atom. The number of anilines is 1. The van der Waals surface area contributed by atoms with Crippen LogP contribution in [0.2, 0.25) is 5.02 Å². The first-order chi connectivity index (χ1) is 15.1. The minimum atomic E-state index is -4.05. The SMILES string of the molecule is Cc1ccc(S(=O)(=O)N(CC(=O)N[C@@H](C)c2ccc(F)cc2)c2cc(Cl)ccc2C)cc1. The number of rotatable bonds is 7. The van der Waals surface area contributed by atoms with E-state index in [1.54, 1.807) is 50.2 Å². The number of nitrogens with one attached hydrogen (secondary N) is 1. The molecule has 0 aliphatic heterocycles.